The molecule has 124 valence electrons. The van der Waals surface area contributed by atoms with Crippen LogP contribution in [0.25, 0.3) is 0 Å². The average Bonchev–Trinajstić information content (AvgIpc) is 2.80. The van der Waals surface area contributed by atoms with Crippen molar-refractivity contribution in [2.75, 3.05) is 19.8 Å². The summed E-state index contributed by atoms with van der Waals surface area (Å²) in [5, 5.41) is 0. The van der Waals surface area contributed by atoms with Gasteiger partial charge in [-0.25, -0.2) is 0 Å². The molecule has 0 spiro atoms. The molecule has 22 heavy (non-hydrogen) atoms. The third kappa shape index (κ3) is 4.39. The lowest BCUT2D eigenvalue weighted by Crippen LogP contribution is -2.22. The van der Waals surface area contributed by atoms with Crippen LogP contribution in [0.2, 0.25) is 0 Å². The summed E-state index contributed by atoms with van der Waals surface area (Å²) in [5.41, 5.74) is 7.43. The molecule has 1 unspecified atom stereocenters. The molecule has 0 aromatic heterocycles. The predicted molar refractivity (Wildman–Crippen MR) is 91.8 cm³/mol. The largest absolute Gasteiger partial charge is 0.494 e. The van der Waals surface area contributed by atoms with Crippen LogP contribution in [0.1, 0.15) is 63.9 Å². The summed E-state index contributed by atoms with van der Waals surface area (Å²) in [5.74, 6) is 2.92. The predicted octanol–water partition coefficient (Wildman–Crippen LogP) is 4.50. The molecule has 2 rings (SSSR count). The zero-order valence-corrected chi connectivity index (χ0v) is 14.1. The number of nitrogens with two attached hydrogens (primary N) is 1. The summed E-state index contributed by atoms with van der Waals surface area (Å²) in [4.78, 5) is 0. The number of hydrogen-bond donors (Lipinski definition) is 1. The van der Waals surface area contributed by atoms with E-state index in [0.717, 1.165) is 11.5 Å². The van der Waals surface area contributed by atoms with Gasteiger partial charge in [0.2, 0.25) is 0 Å². The zero-order valence-electron chi connectivity index (χ0n) is 14.1. The molecule has 1 aromatic rings. The van der Waals surface area contributed by atoms with Crippen LogP contribution in [-0.4, -0.2) is 19.8 Å². The van der Waals surface area contributed by atoms with Crippen molar-refractivity contribution in [3.8, 4) is 11.5 Å². The molecule has 0 aliphatic heterocycles. The highest BCUT2D eigenvalue weighted by Crippen LogP contribution is 2.39. The highest BCUT2D eigenvalue weighted by molar-refractivity contribution is 5.43. The Bertz CT molecular complexity index is 439. The molecule has 1 aliphatic rings. The first kappa shape index (κ1) is 17.1. The second-order valence-corrected chi connectivity index (χ2v) is 6.16. The van der Waals surface area contributed by atoms with Crippen molar-refractivity contribution in [2.45, 2.75) is 58.3 Å². The minimum Gasteiger partial charge on any atom is -0.494 e. The average molecular weight is 305 g/mol. The molecule has 0 radical (unpaired) electrons. The smallest absolute Gasteiger partial charge is 0.126 e. The molecular weight excluding hydrogens is 274 g/mol. The molecule has 3 nitrogen and oxygen atoms in total. The minimum atomic E-state index is 0.398. The Morgan fingerprint density at radius 2 is 1.73 bits per heavy atom. The Morgan fingerprint density at radius 1 is 1.05 bits per heavy atom. The van der Waals surface area contributed by atoms with Gasteiger partial charge < -0.3 is 15.2 Å². The highest BCUT2D eigenvalue weighted by atomic mass is 16.5. The quantitative estimate of drug-likeness (QED) is 0.754. The summed E-state index contributed by atoms with van der Waals surface area (Å²) >= 11 is 0. The number of rotatable bonds is 7. The first-order valence-corrected chi connectivity index (χ1v) is 8.89. The molecule has 0 heterocycles. The van der Waals surface area contributed by atoms with Gasteiger partial charge in [0.15, 0.2) is 0 Å². The van der Waals surface area contributed by atoms with E-state index >= 15 is 0 Å². The van der Waals surface area contributed by atoms with Crippen molar-refractivity contribution in [1.29, 1.82) is 0 Å². The fraction of sp³-hybridized carbons (Fsp3) is 0.684. The van der Waals surface area contributed by atoms with E-state index in [2.05, 4.69) is 12.1 Å². The Hall–Kier alpha value is -1.22. The van der Waals surface area contributed by atoms with E-state index in [9.17, 15) is 0 Å². The zero-order chi connectivity index (χ0) is 15.8. The van der Waals surface area contributed by atoms with Gasteiger partial charge in [-0.05, 0) is 50.8 Å². The van der Waals surface area contributed by atoms with Crippen LogP contribution >= 0.6 is 0 Å². The van der Waals surface area contributed by atoms with E-state index in [4.69, 9.17) is 15.2 Å². The fourth-order valence-electron chi connectivity index (χ4n) is 3.64. The Morgan fingerprint density at radius 3 is 2.32 bits per heavy atom. The molecule has 1 saturated carbocycles. The second-order valence-electron chi connectivity index (χ2n) is 6.16. The molecule has 0 bridgehead atoms. The summed E-state index contributed by atoms with van der Waals surface area (Å²) in [6.45, 7) is 6.07. The number of hydrogen-bond acceptors (Lipinski definition) is 3. The van der Waals surface area contributed by atoms with Gasteiger partial charge in [0.05, 0.1) is 13.2 Å². The third-order valence-electron chi connectivity index (χ3n) is 4.72. The topological polar surface area (TPSA) is 44.5 Å². The van der Waals surface area contributed by atoms with E-state index < -0.39 is 0 Å². The maximum Gasteiger partial charge on any atom is 0.126 e. The standard InChI is InChI=1S/C19H31NO2/c1-3-21-16-11-12-17(19(13-16)22-4-2)18(14-20)15-9-7-5-6-8-10-15/h11-13,15,18H,3-10,14,20H2,1-2H3. The van der Waals surface area contributed by atoms with Crippen molar-refractivity contribution in [2.24, 2.45) is 11.7 Å². The molecule has 3 heteroatoms. The summed E-state index contributed by atoms with van der Waals surface area (Å²) in [6.07, 6.45) is 8.00. The van der Waals surface area contributed by atoms with Gasteiger partial charge >= 0.3 is 0 Å². The molecule has 0 saturated heterocycles. The van der Waals surface area contributed by atoms with Crippen LogP contribution in [-0.2, 0) is 0 Å². The monoisotopic (exact) mass is 305 g/mol. The Labute approximate surface area is 135 Å². The normalized spacial score (nSPS) is 17.8. The lowest BCUT2D eigenvalue weighted by atomic mass is 9.81. The van der Waals surface area contributed by atoms with E-state index in [1.807, 2.05) is 19.9 Å². The van der Waals surface area contributed by atoms with Crippen LogP contribution in [0, 0.1) is 5.92 Å². The van der Waals surface area contributed by atoms with Crippen molar-refractivity contribution in [3.63, 3.8) is 0 Å². The first-order valence-electron chi connectivity index (χ1n) is 8.89. The van der Waals surface area contributed by atoms with Gasteiger partial charge in [-0.2, -0.15) is 0 Å². The van der Waals surface area contributed by atoms with Gasteiger partial charge in [-0.15, -0.1) is 0 Å². The van der Waals surface area contributed by atoms with E-state index in [0.29, 0.717) is 31.6 Å². The second kappa shape index (κ2) is 9.04. The molecule has 0 amide bonds. The van der Waals surface area contributed by atoms with Gasteiger partial charge in [0.1, 0.15) is 11.5 Å². The number of benzene rings is 1. The van der Waals surface area contributed by atoms with Crippen molar-refractivity contribution < 1.29 is 9.47 Å². The summed E-state index contributed by atoms with van der Waals surface area (Å²) in [6, 6.07) is 6.25. The summed E-state index contributed by atoms with van der Waals surface area (Å²) in [7, 11) is 0. The maximum atomic E-state index is 6.16. The highest BCUT2D eigenvalue weighted by Gasteiger charge is 2.26. The van der Waals surface area contributed by atoms with Crippen LogP contribution in [0.15, 0.2) is 18.2 Å². The van der Waals surface area contributed by atoms with Crippen LogP contribution < -0.4 is 15.2 Å². The van der Waals surface area contributed by atoms with E-state index in [1.54, 1.807) is 0 Å². The van der Waals surface area contributed by atoms with Gasteiger partial charge in [-0.1, -0.05) is 31.7 Å². The first-order chi connectivity index (χ1) is 10.8. The minimum absolute atomic E-state index is 0.398. The number of ether oxygens (including phenoxy) is 2. The SMILES string of the molecule is CCOc1ccc(C(CN)C2CCCCCC2)c(OCC)c1. The van der Waals surface area contributed by atoms with Crippen molar-refractivity contribution >= 4 is 0 Å². The fourth-order valence-corrected chi connectivity index (χ4v) is 3.64. The molecule has 2 N–H and O–H groups in total. The van der Waals surface area contributed by atoms with Gasteiger partial charge in [0, 0.05) is 12.0 Å². The van der Waals surface area contributed by atoms with Gasteiger partial charge in [-0.3, -0.25) is 0 Å². The van der Waals surface area contributed by atoms with Crippen molar-refractivity contribution in [1.82, 2.24) is 0 Å². The van der Waals surface area contributed by atoms with Crippen LogP contribution in [0.3, 0.4) is 0 Å². The summed E-state index contributed by atoms with van der Waals surface area (Å²) < 4.78 is 11.5. The molecular formula is C19H31NO2. The lowest BCUT2D eigenvalue weighted by molar-refractivity contribution is 0.310. The Balaban J connectivity index is 2.25. The third-order valence-corrected chi connectivity index (χ3v) is 4.72. The molecule has 1 fully saturated rings. The molecule has 1 aliphatic carbocycles. The van der Waals surface area contributed by atoms with Crippen LogP contribution in [0.4, 0.5) is 0 Å². The lowest BCUT2D eigenvalue weighted by Gasteiger charge is -2.27. The van der Waals surface area contributed by atoms with Gasteiger partial charge in [0.25, 0.3) is 0 Å². The van der Waals surface area contributed by atoms with E-state index in [-0.39, 0.29) is 0 Å². The molecule has 1 atom stereocenters. The maximum absolute atomic E-state index is 6.16. The molecule has 1 aromatic carbocycles. The van der Waals surface area contributed by atoms with Crippen molar-refractivity contribution in [3.05, 3.63) is 23.8 Å². The Kier molecular flexibility index (Phi) is 7.04. The van der Waals surface area contributed by atoms with Crippen LogP contribution in [0.5, 0.6) is 11.5 Å². The van der Waals surface area contributed by atoms with E-state index in [1.165, 1.54) is 44.1 Å².